The molecule has 0 bridgehead atoms. The number of benzene rings is 1. The second kappa shape index (κ2) is 6.29. The number of carbonyl (C=O) groups is 1. The van der Waals surface area contributed by atoms with E-state index in [1.54, 1.807) is 30.6 Å². The number of amides is 1. The molecular formula is C14H17FN4O. The Bertz CT molecular complexity index is 581. The van der Waals surface area contributed by atoms with Gasteiger partial charge >= 0.3 is 0 Å². The first kappa shape index (κ1) is 14.2. The van der Waals surface area contributed by atoms with Crippen LogP contribution in [0.1, 0.15) is 19.8 Å². The van der Waals surface area contributed by atoms with Gasteiger partial charge in [0.1, 0.15) is 5.69 Å². The Morgan fingerprint density at radius 2 is 2.35 bits per heavy atom. The lowest BCUT2D eigenvalue weighted by atomic mass is 10.2. The Morgan fingerprint density at radius 3 is 2.95 bits per heavy atom. The summed E-state index contributed by atoms with van der Waals surface area (Å²) in [6.07, 6.45) is 4.14. The summed E-state index contributed by atoms with van der Waals surface area (Å²) in [6.45, 7) is 1.84. The molecule has 3 N–H and O–H groups in total. The minimum atomic E-state index is -0.446. The van der Waals surface area contributed by atoms with Crippen molar-refractivity contribution in [2.45, 2.75) is 25.8 Å². The highest BCUT2D eigenvalue weighted by Gasteiger charge is 2.08. The highest BCUT2D eigenvalue weighted by molar-refractivity contribution is 5.90. The first-order valence-electron chi connectivity index (χ1n) is 6.41. The fourth-order valence-electron chi connectivity index (χ4n) is 1.76. The van der Waals surface area contributed by atoms with Crippen molar-refractivity contribution in [1.82, 2.24) is 9.78 Å². The van der Waals surface area contributed by atoms with Gasteiger partial charge in [-0.15, -0.1) is 0 Å². The summed E-state index contributed by atoms with van der Waals surface area (Å²) in [5.74, 6) is -0.618. The van der Waals surface area contributed by atoms with E-state index in [9.17, 15) is 9.18 Å². The lowest BCUT2D eigenvalue weighted by molar-refractivity contribution is -0.116. The highest BCUT2D eigenvalue weighted by Crippen LogP contribution is 2.17. The molecule has 0 aliphatic carbocycles. The number of nitrogens with one attached hydrogen (secondary N) is 1. The molecule has 106 valence electrons. The molecule has 1 amide bonds. The van der Waals surface area contributed by atoms with E-state index in [1.807, 2.05) is 6.92 Å². The van der Waals surface area contributed by atoms with Crippen LogP contribution in [0.3, 0.4) is 0 Å². The van der Waals surface area contributed by atoms with Crippen LogP contribution in [0.25, 0.3) is 5.69 Å². The maximum Gasteiger partial charge on any atom is 0.224 e. The van der Waals surface area contributed by atoms with E-state index < -0.39 is 5.82 Å². The predicted octanol–water partition coefficient (Wildman–Crippen LogP) is 2.08. The summed E-state index contributed by atoms with van der Waals surface area (Å²) in [4.78, 5) is 11.6. The quantitative estimate of drug-likeness (QED) is 0.878. The van der Waals surface area contributed by atoms with Crippen LogP contribution in [0.5, 0.6) is 0 Å². The molecule has 1 unspecified atom stereocenters. The second-order valence-electron chi connectivity index (χ2n) is 4.68. The zero-order valence-electron chi connectivity index (χ0n) is 11.2. The molecule has 0 saturated carbocycles. The van der Waals surface area contributed by atoms with E-state index in [0.717, 1.165) is 0 Å². The van der Waals surface area contributed by atoms with Gasteiger partial charge in [0.05, 0.1) is 0 Å². The number of nitrogens with two attached hydrogens (primary N) is 1. The average Bonchev–Trinajstić information content (AvgIpc) is 2.90. The Morgan fingerprint density at radius 1 is 1.55 bits per heavy atom. The Kier molecular flexibility index (Phi) is 4.47. The lowest BCUT2D eigenvalue weighted by Crippen LogP contribution is -2.19. The molecule has 20 heavy (non-hydrogen) atoms. The van der Waals surface area contributed by atoms with Crippen molar-refractivity contribution >= 4 is 11.6 Å². The molecule has 1 aromatic heterocycles. The van der Waals surface area contributed by atoms with Gasteiger partial charge in [-0.1, -0.05) is 0 Å². The fourth-order valence-corrected chi connectivity index (χ4v) is 1.76. The number of anilines is 1. The van der Waals surface area contributed by atoms with Crippen molar-refractivity contribution in [2.75, 3.05) is 5.32 Å². The van der Waals surface area contributed by atoms with Crippen molar-refractivity contribution in [3.05, 3.63) is 42.5 Å². The summed E-state index contributed by atoms with van der Waals surface area (Å²) in [7, 11) is 0. The van der Waals surface area contributed by atoms with Crippen LogP contribution < -0.4 is 11.1 Å². The van der Waals surface area contributed by atoms with Crippen LogP contribution in [-0.4, -0.2) is 21.7 Å². The van der Waals surface area contributed by atoms with Gasteiger partial charge in [-0.3, -0.25) is 4.79 Å². The second-order valence-corrected chi connectivity index (χ2v) is 4.68. The van der Waals surface area contributed by atoms with Gasteiger partial charge in [-0.2, -0.15) is 5.10 Å². The van der Waals surface area contributed by atoms with Crippen LogP contribution in [0.2, 0.25) is 0 Å². The predicted molar refractivity (Wildman–Crippen MR) is 75.0 cm³/mol. The molecule has 0 aliphatic heterocycles. The minimum absolute atomic E-state index is 0.0281. The minimum Gasteiger partial charge on any atom is -0.328 e. The molecule has 0 aliphatic rings. The number of rotatable bonds is 5. The van der Waals surface area contributed by atoms with Gasteiger partial charge in [0.2, 0.25) is 5.91 Å². The molecule has 2 aromatic rings. The Hall–Kier alpha value is -2.21. The maximum atomic E-state index is 13.9. The van der Waals surface area contributed by atoms with E-state index in [-0.39, 0.29) is 11.9 Å². The molecule has 0 fully saturated rings. The van der Waals surface area contributed by atoms with Crippen LogP contribution >= 0.6 is 0 Å². The van der Waals surface area contributed by atoms with Crippen LogP contribution in [0.15, 0.2) is 36.7 Å². The number of hydrogen-bond donors (Lipinski definition) is 2. The molecule has 6 heteroatoms. The summed E-state index contributed by atoms with van der Waals surface area (Å²) >= 11 is 0. The normalized spacial score (nSPS) is 12.2. The van der Waals surface area contributed by atoms with Gasteiger partial charge in [0.15, 0.2) is 5.82 Å². The molecule has 1 aromatic carbocycles. The summed E-state index contributed by atoms with van der Waals surface area (Å²) < 4.78 is 15.4. The largest absolute Gasteiger partial charge is 0.328 e. The maximum absolute atomic E-state index is 13.9. The fraction of sp³-hybridized carbons (Fsp3) is 0.286. The Labute approximate surface area is 116 Å². The van der Waals surface area contributed by atoms with Gasteiger partial charge in [-0.05, 0) is 37.6 Å². The molecule has 0 saturated heterocycles. The Balaban J connectivity index is 2.04. The van der Waals surface area contributed by atoms with Gasteiger partial charge < -0.3 is 11.1 Å². The standard InChI is InChI=1S/C14H17FN4O/c1-10(16)3-6-14(20)18-11-4-5-13(12(15)9-11)19-8-2-7-17-19/h2,4-5,7-10H,3,6,16H2,1H3,(H,18,20). The first-order chi connectivity index (χ1) is 9.56. The average molecular weight is 276 g/mol. The van der Waals surface area contributed by atoms with E-state index >= 15 is 0 Å². The van der Waals surface area contributed by atoms with Gasteiger partial charge in [0.25, 0.3) is 0 Å². The SMILES string of the molecule is CC(N)CCC(=O)Nc1ccc(-n2cccn2)c(F)c1. The van der Waals surface area contributed by atoms with Crippen molar-refractivity contribution in [3.63, 3.8) is 0 Å². The third-order valence-electron chi connectivity index (χ3n) is 2.81. The van der Waals surface area contributed by atoms with Gasteiger partial charge in [0, 0.05) is 30.5 Å². The third kappa shape index (κ3) is 3.64. The third-order valence-corrected chi connectivity index (χ3v) is 2.81. The first-order valence-corrected chi connectivity index (χ1v) is 6.41. The van der Waals surface area contributed by atoms with Crippen LogP contribution in [0, 0.1) is 5.82 Å². The van der Waals surface area contributed by atoms with Gasteiger partial charge in [-0.25, -0.2) is 9.07 Å². The molecule has 1 atom stereocenters. The van der Waals surface area contributed by atoms with E-state index in [2.05, 4.69) is 10.4 Å². The van der Waals surface area contributed by atoms with Crippen molar-refractivity contribution in [2.24, 2.45) is 5.73 Å². The lowest BCUT2D eigenvalue weighted by Gasteiger charge is -2.09. The summed E-state index contributed by atoms with van der Waals surface area (Å²) in [6, 6.07) is 6.18. The monoisotopic (exact) mass is 276 g/mol. The van der Waals surface area contributed by atoms with E-state index in [0.29, 0.717) is 24.2 Å². The van der Waals surface area contributed by atoms with E-state index in [4.69, 9.17) is 5.73 Å². The molecule has 1 heterocycles. The van der Waals surface area contributed by atoms with E-state index in [1.165, 1.54) is 10.7 Å². The number of carbonyl (C=O) groups excluding carboxylic acids is 1. The number of halogens is 1. The molecular weight excluding hydrogens is 259 g/mol. The molecule has 5 nitrogen and oxygen atoms in total. The molecule has 0 radical (unpaired) electrons. The molecule has 2 rings (SSSR count). The van der Waals surface area contributed by atoms with Crippen LogP contribution in [0.4, 0.5) is 10.1 Å². The zero-order chi connectivity index (χ0) is 14.5. The van der Waals surface area contributed by atoms with Crippen molar-refractivity contribution in [1.29, 1.82) is 0 Å². The zero-order valence-corrected chi connectivity index (χ0v) is 11.2. The van der Waals surface area contributed by atoms with Crippen LogP contribution in [-0.2, 0) is 4.79 Å². The number of hydrogen-bond acceptors (Lipinski definition) is 3. The van der Waals surface area contributed by atoms with Crippen molar-refractivity contribution in [3.8, 4) is 5.69 Å². The summed E-state index contributed by atoms with van der Waals surface area (Å²) in [5.41, 5.74) is 6.34. The molecule has 0 spiro atoms. The topological polar surface area (TPSA) is 72.9 Å². The smallest absolute Gasteiger partial charge is 0.224 e. The highest BCUT2D eigenvalue weighted by atomic mass is 19.1. The summed E-state index contributed by atoms with van der Waals surface area (Å²) in [5, 5.41) is 6.61. The number of nitrogens with zero attached hydrogens (tertiary/aromatic N) is 2. The van der Waals surface area contributed by atoms with Crippen molar-refractivity contribution < 1.29 is 9.18 Å². The number of aromatic nitrogens is 2.